The molecule has 0 fully saturated rings. The first-order chi connectivity index (χ1) is 18.2. The van der Waals surface area contributed by atoms with Crippen LogP contribution in [0, 0.1) is 5.92 Å². The smallest absolute Gasteiger partial charge is 0.123 e. The average Bonchev–Trinajstić information content (AvgIpc) is 2.95. The summed E-state index contributed by atoms with van der Waals surface area (Å²) in [5, 5.41) is 4.94. The third kappa shape index (κ3) is 6.31. The second-order valence-electron chi connectivity index (χ2n) is 9.70. The van der Waals surface area contributed by atoms with Crippen LogP contribution in [0.5, 0.6) is 11.5 Å². The van der Waals surface area contributed by atoms with E-state index in [2.05, 4.69) is 92.7 Å². The minimum absolute atomic E-state index is 0.472. The van der Waals surface area contributed by atoms with E-state index in [-0.39, 0.29) is 0 Å². The van der Waals surface area contributed by atoms with Crippen LogP contribution in [0.2, 0.25) is 0 Å². The highest BCUT2D eigenvalue weighted by Crippen LogP contribution is 2.30. The van der Waals surface area contributed by atoms with Crippen molar-refractivity contribution >= 4 is 21.5 Å². The van der Waals surface area contributed by atoms with E-state index in [0.717, 1.165) is 29.0 Å². The molecule has 3 heteroatoms. The molecule has 5 aromatic carbocycles. The predicted octanol–water partition coefficient (Wildman–Crippen LogP) is 8.71. The van der Waals surface area contributed by atoms with Crippen molar-refractivity contribution in [2.24, 2.45) is 5.92 Å². The van der Waals surface area contributed by atoms with Crippen LogP contribution < -0.4 is 9.47 Å². The number of rotatable bonds is 11. The lowest BCUT2D eigenvalue weighted by Crippen LogP contribution is -2.08. The van der Waals surface area contributed by atoms with Gasteiger partial charge in [-0.05, 0) is 62.4 Å². The summed E-state index contributed by atoms with van der Waals surface area (Å²) >= 11 is 0. The molecule has 0 aliphatic carbocycles. The van der Waals surface area contributed by atoms with E-state index in [4.69, 9.17) is 14.2 Å². The fraction of sp³-hybridized carbons (Fsp3) is 0.235. The largest absolute Gasteiger partial charge is 0.493 e. The van der Waals surface area contributed by atoms with E-state index in [1.54, 1.807) is 0 Å². The Kier molecular flexibility index (Phi) is 8.02. The van der Waals surface area contributed by atoms with Crippen LogP contribution in [0.1, 0.15) is 37.0 Å². The summed E-state index contributed by atoms with van der Waals surface area (Å²) in [5.41, 5.74) is 3.39. The predicted molar refractivity (Wildman–Crippen MR) is 152 cm³/mol. The van der Waals surface area contributed by atoms with Crippen molar-refractivity contribution in [3.8, 4) is 11.5 Å². The molecule has 0 unspecified atom stereocenters. The Morgan fingerprint density at radius 2 is 1.22 bits per heavy atom. The standard InChI is InChI=1S/C34H34O3/c1-3-25(2)21-36-30-17-27(18-31(20-30)37-23-26-11-5-4-6-12-26)22-35-24-34-32-15-9-7-13-28(32)19-29-14-8-10-16-33(29)34/h4-20,25H,3,21-24H2,1-2H3/t25-/m0/s1. The van der Waals surface area contributed by atoms with Gasteiger partial charge < -0.3 is 14.2 Å². The van der Waals surface area contributed by atoms with E-state index in [0.29, 0.717) is 32.3 Å². The van der Waals surface area contributed by atoms with Crippen LogP contribution in [0.25, 0.3) is 21.5 Å². The maximum atomic E-state index is 6.33. The fourth-order valence-corrected chi connectivity index (χ4v) is 4.51. The normalized spacial score (nSPS) is 12.1. The van der Waals surface area contributed by atoms with E-state index in [1.807, 2.05) is 24.3 Å². The Labute approximate surface area is 219 Å². The second-order valence-corrected chi connectivity index (χ2v) is 9.70. The van der Waals surface area contributed by atoms with Gasteiger partial charge in [0.25, 0.3) is 0 Å². The first kappa shape index (κ1) is 24.9. The van der Waals surface area contributed by atoms with Crippen molar-refractivity contribution in [1.29, 1.82) is 0 Å². The molecule has 37 heavy (non-hydrogen) atoms. The molecule has 0 saturated heterocycles. The highest BCUT2D eigenvalue weighted by Gasteiger charge is 2.10. The van der Waals surface area contributed by atoms with Gasteiger partial charge in [0.1, 0.15) is 18.1 Å². The summed E-state index contributed by atoms with van der Waals surface area (Å²) in [6, 6.07) is 35.6. The molecule has 0 aliphatic rings. The lowest BCUT2D eigenvalue weighted by molar-refractivity contribution is 0.108. The van der Waals surface area contributed by atoms with Crippen LogP contribution in [0.3, 0.4) is 0 Å². The fourth-order valence-electron chi connectivity index (χ4n) is 4.51. The summed E-state index contributed by atoms with van der Waals surface area (Å²) in [6.07, 6.45) is 1.08. The molecule has 3 nitrogen and oxygen atoms in total. The maximum absolute atomic E-state index is 6.33. The molecule has 0 spiro atoms. The lowest BCUT2D eigenvalue weighted by atomic mass is 9.97. The van der Waals surface area contributed by atoms with E-state index in [1.165, 1.54) is 27.1 Å². The molecule has 0 saturated carbocycles. The van der Waals surface area contributed by atoms with Crippen LogP contribution in [0.15, 0.2) is 103 Å². The van der Waals surface area contributed by atoms with Crippen LogP contribution in [0.4, 0.5) is 0 Å². The number of benzene rings is 5. The molecule has 0 N–H and O–H groups in total. The molecule has 0 amide bonds. The second kappa shape index (κ2) is 11.9. The molecule has 0 radical (unpaired) electrons. The molecule has 0 heterocycles. The van der Waals surface area contributed by atoms with Crippen molar-refractivity contribution in [3.63, 3.8) is 0 Å². The van der Waals surface area contributed by atoms with Crippen molar-refractivity contribution in [3.05, 3.63) is 120 Å². The van der Waals surface area contributed by atoms with Crippen LogP contribution >= 0.6 is 0 Å². The zero-order valence-corrected chi connectivity index (χ0v) is 21.7. The molecular formula is C34H34O3. The lowest BCUT2D eigenvalue weighted by Gasteiger charge is -2.15. The van der Waals surface area contributed by atoms with Gasteiger partial charge in [-0.15, -0.1) is 0 Å². The summed E-state index contributed by atoms with van der Waals surface area (Å²) in [5.74, 6) is 2.10. The first-order valence-corrected chi connectivity index (χ1v) is 13.1. The highest BCUT2D eigenvalue weighted by molar-refractivity contribution is 6.02. The molecule has 5 rings (SSSR count). The zero-order valence-electron chi connectivity index (χ0n) is 21.7. The third-order valence-electron chi connectivity index (χ3n) is 6.82. The van der Waals surface area contributed by atoms with Crippen LogP contribution in [-0.4, -0.2) is 6.61 Å². The van der Waals surface area contributed by atoms with Gasteiger partial charge in [-0.3, -0.25) is 0 Å². The van der Waals surface area contributed by atoms with Crippen molar-refractivity contribution < 1.29 is 14.2 Å². The van der Waals surface area contributed by atoms with Gasteiger partial charge >= 0.3 is 0 Å². The van der Waals surface area contributed by atoms with Crippen molar-refractivity contribution in [1.82, 2.24) is 0 Å². The Balaban J connectivity index is 1.35. The van der Waals surface area contributed by atoms with Gasteiger partial charge in [-0.2, -0.15) is 0 Å². The Morgan fingerprint density at radius 3 is 1.89 bits per heavy atom. The topological polar surface area (TPSA) is 27.7 Å². The average molecular weight is 491 g/mol. The minimum Gasteiger partial charge on any atom is -0.493 e. The summed E-state index contributed by atoms with van der Waals surface area (Å²) < 4.78 is 18.6. The minimum atomic E-state index is 0.472. The van der Waals surface area contributed by atoms with Gasteiger partial charge in [-0.25, -0.2) is 0 Å². The Morgan fingerprint density at radius 1 is 0.595 bits per heavy atom. The monoisotopic (exact) mass is 490 g/mol. The van der Waals surface area contributed by atoms with Crippen molar-refractivity contribution in [2.75, 3.05) is 6.61 Å². The number of hydrogen-bond acceptors (Lipinski definition) is 3. The van der Waals surface area contributed by atoms with Crippen LogP contribution in [-0.2, 0) is 24.6 Å². The van der Waals surface area contributed by atoms with Gasteiger partial charge in [0, 0.05) is 6.07 Å². The van der Waals surface area contributed by atoms with E-state index in [9.17, 15) is 0 Å². The quantitative estimate of drug-likeness (QED) is 0.173. The SMILES string of the molecule is CC[C@H](C)COc1cc(COCc2c3ccccc3cc3ccccc23)cc(OCc2ccccc2)c1. The molecule has 0 aromatic heterocycles. The Hall–Kier alpha value is -3.82. The Bertz CT molecular complexity index is 1400. The van der Waals surface area contributed by atoms with Gasteiger partial charge in [0.2, 0.25) is 0 Å². The molecule has 1 atom stereocenters. The molecule has 5 aromatic rings. The third-order valence-corrected chi connectivity index (χ3v) is 6.82. The van der Waals surface area contributed by atoms with E-state index < -0.39 is 0 Å². The molecule has 188 valence electrons. The maximum Gasteiger partial charge on any atom is 0.123 e. The number of ether oxygens (including phenoxy) is 3. The zero-order chi connectivity index (χ0) is 25.5. The summed E-state index contributed by atoms with van der Waals surface area (Å²) in [6.45, 7) is 6.58. The van der Waals surface area contributed by atoms with Gasteiger partial charge in [0.05, 0.1) is 19.8 Å². The molecule has 0 aliphatic heterocycles. The molecular weight excluding hydrogens is 456 g/mol. The highest BCUT2D eigenvalue weighted by atomic mass is 16.5. The van der Waals surface area contributed by atoms with E-state index >= 15 is 0 Å². The summed E-state index contributed by atoms with van der Waals surface area (Å²) in [7, 11) is 0. The molecule has 0 bridgehead atoms. The van der Waals surface area contributed by atoms with Crippen molar-refractivity contribution in [2.45, 2.75) is 40.1 Å². The first-order valence-electron chi connectivity index (χ1n) is 13.1. The summed E-state index contributed by atoms with van der Waals surface area (Å²) in [4.78, 5) is 0. The number of hydrogen-bond donors (Lipinski definition) is 0. The van der Waals surface area contributed by atoms with Gasteiger partial charge in [0.15, 0.2) is 0 Å². The van der Waals surface area contributed by atoms with Gasteiger partial charge in [-0.1, -0.05) is 99.1 Å². The number of fused-ring (bicyclic) bond motifs is 2.